The summed E-state index contributed by atoms with van der Waals surface area (Å²) < 4.78 is 1.68. The first-order valence-electron chi connectivity index (χ1n) is 11.9. The van der Waals surface area contributed by atoms with E-state index in [1.54, 1.807) is 10.8 Å². The molecule has 1 atom stereocenters. The lowest BCUT2D eigenvalue weighted by atomic mass is 9.82. The van der Waals surface area contributed by atoms with Crippen LogP contribution in [0.1, 0.15) is 72.3 Å². The molecular formula is C24H39N5O4. The van der Waals surface area contributed by atoms with Gasteiger partial charge in [0.25, 0.3) is 0 Å². The van der Waals surface area contributed by atoms with Crippen LogP contribution in [-0.2, 0) is 11.3 Å². The van der Waals surface area contributed by atoms with Crippen LogP contribution >= 0.6 is 0 Å². The van der Waals surface area contributed by atoms with Gasteiger partial charge >= 0.3 is 12.1 Å². The maximum atomic E-state index is 13.5. The zero-order valence-corrected chi connectivity index (χ0v) is 21.1. The largest absolute Gasteiger partial charge is 0.465 e. The molecule has 0 aliphatic carbocycles. The zero-order valence-electron chi connectivity index (χ0n) is 21.1. The molecule has 1 aromatic rings. The summed E-state index contributed by atoms with van der Waals surface area (Å²) in [5, 5.41) is 9.91. The van der Waals surface area contributed by atoms with Gasteiger partial charge in [0.2, 0.25) is 5.91 Å². The zero-order chi connectivity index (χ0) is 24.7. The van der Waals surface area contributed by atoms with E-state index in [0.29, 0.717) is 32.1 Å². The number of carboxylic acid groups (broad SMARTS) is 1. The fraction of sp³-hybridized carbons (Fsp3) is 0.750. The summed E-state index contributed by atoms with van der Waals surface area (Å²) >= 11 is 0. The monoisotopic (exact) mass is 461 g/mol. The number of hydrogen-bond acceptors (Lipinski definition) is 4. The van der Waals surface area contributed by atoms with Crippen molar-refractivity contribution >= 4 is 18.0 Å². The summed E-state index contributed by atoms with van der Waals surface area (Å²) in [6, 6.07) is -0.753. The summed E-state index contributed by atoms with van der Waals surface area (Å²) in [5.41, 5.74) is -0.278. The highest BCUT2D eigenvalue weighted by Crippen LogP contribution is 2.33. The third-order valence-electron chi connectivity index (χ3n) is 6.80. The van der Waals surface area contributed by atoms with Crippen molar-refractivity contribution in [1.82, 2.24) is 24.3 Å². The molecule has 1 aromatic heterocycles. The van der Waals surface area contributed by atoms with Crippen molar-refractivity contribution in [3.8, 4) is 0 Å². The smallest absolute Gasteiger partial charge is 0.408 e. The summed E-state index contributed by atoms with van der Waals surface area (Å²) in [4.78, 5) is 47.5. The molecule has 2 aliphatic heterocycles. The molecule has 0 aromatic carbocycles. The summed E-state index contributed by atoms with van der Waals surface area (Å²) in [6.45, 7) is 15.6. The minimum Gasteiger partial charge on any atom is -0.465 e. The minimum absolute atomic E-state index is 0.00317. The highest BCUT2D eigenvalue weighted by atomic mass is 16.4. The number of carbonyl (C=O) groups excluding carboxylic acids is 2. The number of amides is 3. The van der Waals surface area contributed by atoms with E-state index < -0.39 is 23.1 Å². The van der Waals surface area contributed by atoms with E-state index in [4.69, 9.17) is 0 Å². The van der Waals surface area contributed by atoms with Crippen LogP contribution in [0.5, 0.6) is 0 Å². The Balaban J connectivity index is 1.58. The number of carbonyl (C=O) groups is 3. The molecular weight excluding hydrogens is 422 g/mol. The van der Waals surface area contributed by atoms with Crippen molar-refractivity contribution < 1.29 is 19.5 Å². The maximum Gasteiger partial charge on any atom is 0.408 e. The Hall–Kier alpha value is -2.58. The van der Waals surface area contributed by atoms with Gasteiger partial charge < -0.3 is 14.9 Å². The maximum absolute atomic E-state index is 13.5. The number of imidazole rings is 1. The molecule has 1 N–H and O–H groups in total. The molecule has 3 amide bonds. The van der Waals surface area contributed by atoms with Gasteiger partial charge in [0.05, 0.1) is 18.4 Å². The molecule has 9 nitrogen and oxygen atoms in total. The summed E-state index contributed by atoms with van der Waals surface area (Å²) in [5.74, 6) is 1.05. The van der Waals surface area contributed by atoms with Crippen LogP contribution < -0.4 is 0 Å². The Morgan fingerprint density at radius 2 is 1.79 bits per heavy atom. The third-order valence-corrected chi connectivity index (χ3v) is 6.80. The Morgan fingerprint density at radius 1 is 1.18 bits per heavy atom. The van der Waals surface area contributed by atoms with Crippen LogP contribution in [0.2, 0.25) is 0 Å². The number of nitrogens with zero attached hydrogens (tertiary/aromatic N) is 5. The Labute approximate surface area is 196 Å². The van der Waals surface area contributed by atoms with Crippen LogP contribution in [-0.4, -0.2) is 78.6 Å². The van der Waals surface area contributed by atoms with Gasteiger partial charge in [-0.1, -0.05) is 20.8 Å². The van der Waals surface area contributed by atoms with Crippen molar-refractivity contribution in [2.45, 2.75) is 85.9 Å². The third kappa shape index (κ3) is 5.17. The summed E-state index contributed by atoms with van der Waals surface area (Å²) in [7, 11) is 0. The predicted molar refractivity (Wildman–Crippen MR) is 125 cm³/mol. The average Bonchev–Trinajstić information content (AvgIpc) is 3.21. The van der Waals surface area contributed by atoms with Gasteiger partial charge in [0.1, 0.15) is 11.9 Å². The van der Waals surface area contributed by atoms with Gasteiger partial charge in [-0.15, -0.1) is 0 Å². The van der Waals surface area contributed by atoms with Crippen molar-refractivity contribution in [3.63, 3.8) is 0 Å². The fourth-order valence-corrected chi connectivity index (χ4v) is 5.05. The molecule has 9 heteroatoms. The molecule has 0 spiro atoms. The molecule has 3 heterocycles. The van der Waals surface area contributed by atoms with Crippen LogP contribution in [0.15, 0.2) is 6.20 Å². The Kier molecular flexibility index (Phi) is 6.82. The molecule has 3 rings (SSSR count). The second-order valence-electron chi connectivity index (χ2n) is 11.5. The van der Waals surface area contributed by atoms with Crippen LogP contribution in [0.25, 0.3) is 0 Å². The van der Waals surface area contributed by atoms with Gasteiger partial charge in [0, 0.05) is 25.2 Å². The van der Waals surface area contributed by atoms with Gasteiger partial charge in [0.15, 0.2) is 0 Å². The molecule has 33 heavy (non-hydrogen) atoms. The van der Waals surface area contributed by atoms with Gasteiger partial charge in [-0.25, -0.2) is 14.6 Å². The van der Waals surface area contributed by atoms with Crippen molar-refractivity contribution in [2.75, 3.05) is 19.6 Å². The van der Waals surface area contributed by atoms with Crippen molar-refractivity contribution in [2.24, 2.45) is 11.3 Å². The highest BCUT2D eigenvalue weighted by Gasteiger charge is 2.46. The van der Waals surface area contributed by atoms with E-state index in [-0.39, 0.29) is 11.9 Å². The SMILES string of the molecule is Cc1ncc2n1C(=O)N(CCC1CCN(C(=O)[C@H](N(C(=O)O)C(C)(C)C)C(C)(C)C)CC1)C2. The number of aromatic nitrogens is 2. The number of aryl methyl sites for hydroxylation is 1. The lowest BCUT2D eigenvalue weighted by molar-refractivity contribution is -0.144. The fourth-order valence-electron chi connectivity index (χ4n) is 5.05. The normalized spacial score (nSPS) is 18.5. The molecule has 184 valence electrons. The average molecular weight is 462 g/mol. The van der Waals surface area contributed by atoms with Crippen molar-refractivity contribution in [3.05, 3.63) is 17.7 Å². The standard InChI is InChI=1S/C24H39N5O4/c1-16-25-14-18-15-27(21(31)28(16)18)13-10-17-8-11-26(12-9-17)20(30)19(23(2,3)4)29(22(32)33)24(5,6)7/h14,17,19H,8-13,15H2,1-7H3,(H,32,33)/t19-/m0/s1. The first kappa shape index (κ1) is 25.1. The van der Waals surface area contributed by atoms with Gasteiger partial charge in [-0.2, -0.15) is 0 Å². The summed E-state index contributed by atoms with van der Waals surface area (Å²) in [6.07, 6.45) is 3.31. The van der Waals surface area contributed by atoms with Crippen LogP contribution in [0, 0.1) is 18.3 Å². The molecule has 1 fully saturated rings. The van der Waals surface area contributed by atoms with E-state index in [0.717, 1.165) is 30.8 Å². The number of rotatable bonds is 5. The molecule has 0 radical (unpaired) electrons. The number of fused-ring (bicyclic) bond motifs is 1. The van der Waals surface area contributed by atoms with E-state index in [1.807, 2.05) is 58.3 Å². The van der Waals surface area contributed by atoms with Gasteiger partial charge in [-0.05, 0) is 58.3 Å². The van der Waals surface area contributed by atoms with E-state index >= 15 is 0 Å². The molecule has 0 bridgehead atoms. The van der Waals surface area contributed by atoms with E-state index in [2.05, 4.69) is 4.98 Å². The molecule has 1 saturated heterocycles. The van der Waals surface area contributed by atoms with E-state index in [9.17, 15) is 19.5 Å². The predicted octanol–water partition coefficient (Wildman–Crippen LogP) is 3.80. The van der Waals surface area contributed by atoms with Crippen molar-refractivity contribution in [1.29, 1.82) is 0 Å². The van der Waals surface area contributed by atoms with Crippen LogP contribution in [0.4, 0.5) is 9.59 Å². The first-order valence-corrected chi connectivity index (χ1v) is 11.9. The highest BCUT2D eigenvalue weighted by molar-refractivity contribution is 5.86. The lowest BCUT2D eigenvalue weighted by Gasteiger charge is -2.47. The van der Waals surface area contributed by atoms with E-state index in [1.165, 1.54) is 4.90 Å². The topological polar surface area (TPSA) is 99.0 Å². The second kappa shape index (κ2) is 8.99. The Morgan fingerprint density at radius 3 is 2.27 bits per heavy atom. The molecule has 0 saturated carbocycles. The second-order valence-corrected chi connectivity index (χ2v) is 11.5. The minimum atomic E-state index is -1.07. The number of hydrogen-bond donors (Lipinski definition) is 1. The first-order chi connectivity index (χ1) is 15.2. The molecule has 2 aliphatic rings. The number of piperidine rings is 1. The van der Waals surface area contributed by atoms with Crippen LogP contribution in [0.3, 0.4) is 0 Å². The Bertz CT molecular complexity index is 903. The number of likely N-dealkylation sites (tertiary alicyclic amines) is 1. The molecule has 0 unspecified atom stereocenters. The lowest BCUT2D eigenvalue weighted by Crippen LogP contribution is -2.62. The van der Waals surface area contributed by atoms with Gasteiger partial charge in [-0.3, -0.25) is 14.3 Å². The quantitative estimate of drug-likeness (QED) is 0.719.